The molecule has 7 heteroatoms. The third-order valence-corrected chi connectivity index (χ3v) is 6.77. The maximum absolute atomic E-state index is 14.0. The van der Waals surface area contributed by atoms with Crippen LogP contribution in [0, 0.1) is 0 Å². The summed E-state index contributed by atoms with van der Waals surface area (Å²) in [5.41, 5.74) is 5.34. The van der Waals surface area contributed by atoms with Gasteiger partial charge in [0, 0.05) is 30.4 Å². The topological polar surface area (TPSA) is 65.2 Å². The van der Waals surface area contributed by atoms with E-state index >= 15 is 0 Å². The van der Waals surface area contributed by atoms with E-state index in [9.17, 15) is 4.79 Å². The van der Waals surface area contributed by atoms with E-state index in [2.05, 4.69) is 27.9 Å². The first-order valence-corrected chi connectivity index (χ1v) is 11.9. The van der Waals surface area contributed by atoms with E-state index in [0.717, 1.165) is 54.1 Å². The summed E-state index contributed by atoms with van der Waals surface area (Å²) < 4.78 is 9.78. The zero-order chi connectivity index (χ0) is 22.9. The summed E-state index contributed by atoms with van der Waals surface area (Å²) in [5, 5.41) is 4.83. The Hall–Kier alpha value is -3.71. The number of amides is 1. The lowest BCUT2D eigenvalue weighted by molar-refractivity contribution is 0.0677. The molecule has 7 nitrogen and oxygen atoms in total. The Morgan fingerprint density at radius 1 is 1.00 bits per heavy atom. The number of rotatable bonds is 5. The first kappa shape index (κ1) is 20.9. The molecule has 6 rings (SSSR count). The molecule has 0 radical (unpaired) electrons. The van der Waals surface area contributed by atoms with Gasteiger partial charge >= 0.3 is 0 Å². The third kappa shape index (κ3) is 3.82. The molecule has 0 unspecified atom stereocenters. The van der Waals surface area contributed by atoms with E-state index in [1.807, 2.05) is 64.4 Å². The molecule has 1 fully saturated rings. The van der Waals surface area contributed by atoms with Gasteiger partial charge in [-0.2, -0.15) is 5.10 Å². The van der Waals surface area contributed by atoms with Gasteiger partial charge in [0.15, 0.2) is 0 Å². The predicted molar refractivity (Wildman–Crippen MR) is 129 cm³/mol. The lowest BCUT2D eigenvalue weighted by Gasteiger charge is -2.26. The number of ether oxygens (including phenoxy) is 1. The van der Waals surface area contributed by atoms with Crippen LogP contribution in [0.25, 0.3) is 22.5 Å². The number of carbonyl (C=O) groups excluding carboxylic acids is 1. The van der Waals surface area contributed by atoms with E-state index in [0.29, 0.717) is 25.3 Å². The summed E-state index contributed by atoms with van der Waals surface area (Å²) in [6.07, 6.45) is 5.91. The highest BCUT2D eigenvalue weighted by Gasteiger charge is 2.35. The Morgan fingerprint density at radius 3 is 2.56 bits per heavy atom. The van der Waals surface area contributed by atoms with Crippen LogP contribution in [-0.2, 0) is 24.4 Å². The van der Waals surface area contributed by atoms with Crippen molar-refractivity contribution in [1.82, 2.24) is 24.2 Å². The molecule has 34 heavy (non-hydrogen) atoms. The van der Waals surface area contributed by atoms with E-state index in [1.165, 1.54) is 0 Å². The Bertz CT molecular complexity index is 1300. The molecule has 1 amide bonds. The number of hydrogen-bond donors (Lipinski definition) is 0. The number of fused-ring (bicyclic) bond motifs is 1. The molecule has 2 aromatic heterocycles. The average Bonchev–Trinajstić information content (AvgIpc) is 3.64. The molecule has 4 heterocycles. The van der Waals surface area contributed by atoms with E-state index in [-0.39, 0.29) is 11.9 Å². The second kappa shape index (κ2) is 8.91. The third-order valence-electron chi connectivity index (χ3n) is 6.77. The molecule has 4 aromatic rings. The first-order chi connectivity index (χ1) is 16.8. The molecular formula is C27H27N5O2. The molecule has 0 N–H and O–H groups in total. The molecule has 0 bridgehead atoms. The van der Waals surface area contributed by atoms with Crippen LogP contribution >= 0.6 is 0 Å². The van der Waals surface area contributed by atoms with Gasteiger partial charge in [0.1, 0.15) is 5.69 Å². The Labute approximate surface area is 198 Å². The monoisotopic (exact) mass is 453 g/mol. The van der Waals surface area contributed by atoms with Crippen LogP contribution in [0.15, 0.2) is 73.2 Å². The van der Waals surface area contributed by atoms with Gasteiger partial charge in [-0.25, -0.2) is 4.98 Å². The van der Waals surface area contributed by atoms with Gasteiger partial charge in [-0.3, -0.25) is 9.48 Å². The minimum absolute atomic E-state index is 0.0523. The smallest absolute Gasteiger partial charge is 0.258 e. The second-order valence-corrected chi connectivity index (χ2v) is 8.93. The maximum Gasteiger partial charge on any atom is 0.258 e. The number of aromatic nitrogens is 4. The zero-order valence-electron chi connectivity index (χ0n) is 19.0. The van der Waals surface area contributed by atoms with Crippen molar-refractivity contribution in [2.24, 2.45) is 0 Å². The van der Waals surface area contributed by atoms with Crippen LogP contribution < -0.4 is 0 Å². The SMILES string of the molecule is O=C(c1c(-c2ccccc2)nn2c1COCC2)N1CCC[C@H]1Cn1cnc(-c2ccccc2)c1. The zero-order valence-corrected chi connectivity index (χ0v) is 19.0. The molecule has 1 atom stereocenters. The standard InChI is InChI=1S/C27H27N5O2/c33-27(25-24-18-34-15-14-32(24)29-26(25)21-10-5-2-6-11-21)31-13-7-12-22(31)16-30-17-23(28-19-30)20-8-3-1-4-9-20/h1-6,8-11,17,19,22H,7,12-16,18H2/t22-/m0/s1. The molecule has 1 saturated heterocycles. The number of benzene rings is 2. The fourth-order valence-corrected chi connectivity index (χ4v) is 5.07. The van der Waals surface area contributed by atoms with Gasteiger partial charge in [-0.1, -0.05) is 60.7 Å². The second-order valence-electron chi connectivity index (χ2n) is 8.93. The van der Waals surface area contributed by atoms with Crippen molar-refractivity contribution >= 4 is 5.91 Å². The van der Waals surface area contributed by atoms with Gasteiger partial charge in [-0.05, 0) is 12.8 Å². The van der Waals surface area contributed by atoms with Crippen LogP contribution in [0.1, 0.15) is 28.9 Å². The van der Waals surface area contributed by atoms with Gasteiger partial charge in [0.25, 0.3) is 5.91 Å². The minimum Gasteiger partial charge on any atom is -0.373 e. The summed E-state index contributed by atoms with van der Waals surface area (Å²) >= 11 is 0. The summed E-state index contributed by atoms with van der Waals surface area (Å²) in [5.74, 6) is 0.0523. The highest BCUT2D eigenvalue weighted by atomic mass is 16.5. The molecule has 2 aliphatic heterocycles. The van der Waals surface area contributed by atoms with E-state index in [4.69, 9.17) is 9.84 Å². The molecule has 2 aliphatic rings. The molecule has 0 saturated carbocycles. The van der Waals surface area contributed by atoms with Crippen LogP contribution in [0.5, 0.6) is 0 Å². The number of hydrogen-bond acceptors (Lipinski definition) is 4. The van der Waals surface area contributed by atoms with Crippen molar-refractivity contribution in [3.8, 4) is 22.5 Å². The van der Waals surface area contributed by atoms with Crippen molar-refractivity contribution in [3.05, 3.63) is 84.4 Å². The van der Waals surface area contributed by atoms with Crippen LogP contribution in [0.4, 0.5) is 0 Å². The number of imidazole rings is 1. The fraction of sp³-hybridized carbons (Fsp3) is 0.296. The molecule has 172 valence electrons. The van der Waals surface area contributed by atoms with Gasteiger partial charge < -0.3 is 14.2 Å². The summed E-state index contributed by atoms with van der Waals surface area (Å²) in [7, 11) is 0. The van der Waals surface area contributed by atoms with E-state index < -0.39 is 0 Å². The Balaban J connectivity index is 1.29. The van der Waals surface area contributed by atoms with Gasteiger partial charge in [-0.15, -0.1) is 0 Å². The molecule has 0 spiro atoms. The summed E-state index contributed by atoms with van der Waals surface area (Å²) in [6.45, 7) is 3.19. The first-order valence-electron chi connectivity index (χ1n) is 11.9. The number of likely N-dealkylation sites (tertiary alicyclic amines) is 1. The molecular weight excluding hydrogens is 426 g/mol. The largest absolute Gasteiger partial charge is 0.373 e. The predicted octanol–water partition coefficient (Wildman–Crippen LogP) is 4.25. The normalized spacial score (nSPS) is 17.6. The number of nitrogens with zero attached hydrogens (tertiary/aromatic N) is 5. The van der Waals surface area contributed by atoms with E-state index in [1.54, 1.807) is 0 Å². The molecule has 2 aromatic carbocycles. The van der Waals surface area contributed by atoms with Crippen molar-refractivity contribution < 1.29 is 9.53 Å². The lowest BCUT2D eigenvalue weighted by Crippen LogP contribution is -2.38. The van der Waals surface area contributed by atoms with Gasteiger partial charge in [0.05, 0.1) is 49.1 Å². The van der Waals surface area contributed by atoms with Crippen LogP contribution in [-0.4, -0.2) is 49.3 Å². The van der Waals surface area contributed by atoms with Crippen molar-refractivity contribution in [2.75, 3.05) is 13.2 Å². The van der Waals surface area contributed by atoms with Gasteiger partial charge in [0.2, 0.25) is 0 Å². The highest BCUT2D eigenvalue weighted by Crippen LogP contribution is 2.31. The quantitative estimate of drug-likeness (QED) is 0.453. The summed E-state index contributed by atoms with van der Waals surface area (Å²) in [6, 6.07) is 20.3. The minimum atomic E-state index is 0.0523. The van der Waals surface area contributed by atoms with Crippen LogP contribution in [0.2, 0.25) is 0 Å². The van der Waals surface area contributed by atoms with Crippen molar-refractivity contribution in [1.29, 1.82) is 0 Å². The van der Waals surface area contributed by atoms with Crippen molar-refractivity contribution in [2.45, 2.75) is 38.6 Å². The Morgan fingerprint density at radius 2 is 1.76 bits per heavy atom. The maximum atomic E-state index is 14.0. The lowest BCUT2D eigenvalue weighted by atomic mass is 10.0. The molecule has 0 aliphatic carbocycles. The summed E-state index contributed by atoms with van der Waals surface area (Å²) in [4.78, 5) is 20.6. The highest BCUT2D eigenvalue weighted by molar-refractivity contribution is 6.01. The number of carbonyl (C=O) groups is 1. The Kier molecular flexibility index (Phi) is 5.47. The average molecular weight is 454 g/mol. The van der Waals surface area contributed by atoms with Crippen molar-refractivity contribution in [3.63, 3.8) is 0 Å². The van der Waals surface area contributed by atoms with Crippen LogP contribution in [0.3, 0.4) is 0 Å². The fourth-order valence-electron chi connectivity index (χ4n) is 5.07.